The maximum Gasteiger partial charge on any atom is 0.363 e. The first-order chi connectivity index (χ1) is 5.63. The van der Waals surface area contributed by atoms with Crippen LogP contribution in [0.4, 0.5) is 5.82 Å². The molecule has 0 spiro atoms. The van der Waals surface area contributed by atoms with Crippen molar-refractivity contribution >= 4 is 5.82 Å². The molecule has 5 nitrogen and oxygen atoms in total. The van der Waals surface area contributed by atoms with E-state index in [1.165, 1.54) is 6.07 Å². The van der Waals surface area contributed by atoms with Gasteiger partial charge in [-0.1, -0.05) is 0 Å². The van der Waals surface area contributed by atoms with Crippen molar-refractivity contribution in [1.29, 1.82) is 0 Å². The molecule has 0 aromatic carbocycles. The molecule has 0 amide bonds. The second-order valence-electron chi connectivity index (χ2n) is 2.46. The average Bonchev–Trinajstić information content (AvgIpc) is 2.03. The minimum Gasteiger partial charge on any atom is -0.358 e. The standard InChI is InChI=1S/C7H9N3O2/c1-5-2-6(4-8)9-7(3-5)10(11)12/h2-3H,4,8H2,1H3. The van der Waals surface area contributed by atoms with Crippen molar-refractivity contribution in [2.45, 2.75) is 13.5 Å². The Morgan fingerprint density at radius 2 is 2.33 bits per heavy atom. The summed E-state index contributed by atoms with van der Waals surface area (Å²) in [7, 11) is 0. The van der Waals surface area contributed by atoms with Crippen LogP contribution < -0.4 is 5.73 Å². The highest BCUT2D eigenvalue weighted by atomic mass is 16.6. The van der Waals surface area contributed by atoms with Gasteiger partial charge in [-0.3, -0.25) is 0 Å². The van der Waals surface area contributed by atoms with E-state index in [9.17, 15) is 10.1 Å². The van der Waals surface area contributed by atoms with Crippen LogP contribution in [0.2, 0.25) is 0 Å². The third-order valence-corrected chi connectivity index (χ3v) is 1.41. The maximum absolute atomic E-state index is 10.3. The molecule has 0 fully saturated rings. The van der Waals surface area contributed by atoms with Crippen LogP contribution in [0.3, 0.4) is 0 Å². The SMILES string of the molecule is Cc1cc(CN)nc([N+](=O)[O-])c1. The molecular formula is C7H9N3O2. The second-order valence-corrected chi connectivity index (χ2v) is 2.46. The Morgan fingerprint density at radius 1 is 1.67 bits per heavy atom. The number of pyridine rings is 1. The molecule has 2 N–H and O–H groups in total. The molecule has 12 heavy (non-hydrogen) atoms. The van der Waals surface area contributed by atoms with E-state index in [-0.39, 0.29) is 12.4 Å². The number of hydrogen-bond acceptors (Lipinski definition) is 4. The molecule has 64 valence electrons. The predicted molar refractivity (Wildman–Crippen MR) is 43.5 cm³/mol. The van der Waals surface area contributed by atoms with Crippen molar-refractivity contribution in [3.05, 3.63) is 33.5 Å². The van der Waals surface area contributed by atoms with Crippen LogP contribution in [0, 0.1) is 17.0 Å². The van der Waals surface area contributed by atoms with Crippen molar-refractivity contribution in [1.82, 2.24) is 4.98 Å². The first-order valence-corrected chi connectivity index (χ1v) is 3.45. The van der Waals surface area contributed by atoms with E-state index < -0.39 is 4.92 Å². The van der Waals surface area contributed by atoms with Gasteiger partial charge in [-0.2, -0.15) is 0 Å². The van der Waals surface area contributed by atoms with Gasteiger partial charge in [0.2, 0.25) is 0 Å². The zero-order valence-electron chi connectivity index (χ0n) is 6.65. The largest absolute Gasteiger partial charge is 0.363 e. The fourth-order valence-corrected chi connectivity index (χ4v) is 0.918. The van der Waals surface area contributed by atoms with Crippen LogP contribution in [0.5, 0.6) is 0 Å². The molecule has 0 aliphatic carbocycles. The van der Waals surface area contributed by atoms with Gasteiger partial charge in [0.25, 0.3) is 0 Å². The summed E-state index contributed by atoms with van der Waals surface area (Å²) in [5.74, 6) is -0.143. The number of nitro groups is 1. The van der Waals surface area contributed by atoms with Crippen LogP contribution in [0.1, 0.15) is 11.3 Å². The first kappa shape index (κ1) is 8.61. The van der Waals surface area contributed by atoms with Crippen LogP contribution in [-0.4, -0.2) is 9.91 Å². The summed E-state index contributed by atoms with van der Waals surface area (Å²) in [6.07, 6.45) is 0. The minimum absolute atomic E-state index is 0.143. The van der Waals surface area contributed by atoms with E-state index in [1.54, 1.807) is 13.0 Å². The Balaban J connectivity index is 3.15. The Hall–Kier alpha value is -1.49. The van der Waals surface area contributed by atoms with E-state index in [0.29, 0.717) is 5.69 Å². The number of rotatable bonds is 2. The lowest BCUT2D eigenvalue weighted by molar-refractivity contribution is -0.389. The van der Waals surface area contributed by atoms with Gasteiger partial charge in [0.1, 0.15) is 0 Å². The molecule has 0 bridgehead atoms. The molecule has 0 unspecified atom stereocenters. The predicted octanol–water partition coefficient (Wildman–Crippen LogP) is 0.757. The Kier molecular flexibility index (Phi) is 2.35. The molecule has 5 heteroatoms. The molecule has 1 rings (SSSR count). The molecule has 1 aromatic rings. The van der Waals surface area contributed by atoms with Gasteiger partial charge in [0.05, 0.1) is 6.54 Å². The van der Waals surface area contributed by atoms with Gasteiger partial charge in [-0.05, 0) is 28.5 Å². The molecule has 0 saturated heterocycles. The molecular weight excluding hydrogens is 158 g/mol. The Bertz CT molecular complexity index is 312. The van der Waals surface area contributed by atoms with Crippen molar-refractivity contribution in [2.24, 2.45) is 5.73 Å². The zero-order valence-corrected chi connectivity index (χ0v) is 6.65. The van der Waals surface area contributed by atoms with Crippen molar-refractivity contribution < 1.29 is 4.92 Å². The van der Waals surface area contributed by atoms with Gasteiger partial charge in [0, 0.05) is 6.07 Å². The lowest BCUT2D eigenvalue weighted by Crippen LogP contribution is -2.02. The molecule has 1 heterocycles. The Labute approximate surface area is 69.4 Å². The van der Waals surface area contributed by atoms with E-state index in [4.69, 9.17) is 5.73 Å². The lowest BCUT2D eigenvalue weighted by Gasteiger charge is -1.95. The van der Waals surface area contributed by atoms with Gasteiger partial charge in [0.15, 0.2) is 5.69 Å². The normalized spacial score (nSPS) is 9.83. The zero-order chi connectivity index (χ0) is 9.14. The maximum atomic E-state index is 10.3. The molecule has 0 atom stereocenters. The van der Waals surface area contributed by atoms with E-state index in [1.807, 2.05) is 0 Å². The summed E-state index contributed by atoms with van der Waals surface area (Å²) in [6.45, 7) is 2.00. The quantitative estimate of drug-likeness (QED) is 0.520. The minimum atomic E-state index is -0.522. The summed E-state index contributed by atoms with van der Waals surface area (Å²) in [5.41, 5.74) is 6.65. The molecule has 0 aliphatic heterocycles. The monoisotopic (exact) mass is 167 g/mol. The van der Waals surface area contributed by atoms with Gasteiger partial charge in [-0.15, -0.1) is 0 Å². The fourth-order valence-electron chi connectivity index (χ4n) is 0.918. The van der Waals surface area contributed by atoms with Crippen LogP contribution in [0.15, 0.2) is 12.1 Å². The van der Waals surface area contributed by atoms with Crippen molar-refractivity contribution in [3.63, 3.8) is 0 Å². The molecule has 0 radical (unpaired) electrons. The van der Waals surface area contributed by atoms with Gasteiger partial charge < -0.3 is 15.8 Å². The van der Waals surface area contributed by atoms with Crippen LogP contribution in [-0.2, 0) is 6.54 Å². The lowest BCUT2D eigenvalue weighted by atomic mass is 10.2. The molecule has 1 aromatic heterocycles. The molecule has 0 saturated carbocycles. The smallest absolute Gasteiger partial charge is 0.358 e. The number of nitrogens with two attached hydrogens (primary N) is 1. The number of hydrogen-bond donors (Lipinski definition) is 1. The van der Waals surface area contributed by atoms with Crippen molar-refractivity contribution in [3.8, 4) is 0 Å². The van der Waals surface area contributed by atoms with Crippen LogP contribution in [0.25, 0.3) is 0 Å². The number of aryl methyl sites for hydroxylation is 1. The van der Waals surface area contributed by atoms with E-state index in [2.05, 4.69) is 4.98 Å². The highest BCUT2D eigenvalue weighted by Gasteiger charge is 2.09. The average molecular weight is 167 g/mol. The second kappa shape index (κ2) is 3.27. The van der Waals surface area contributed by atoms with Crippen molar-refractivity contribution in [2.75, 3.05) is 0 Å². The van der Waals surface area contributed by atoms with Gasteiger partial charge >= 0.3 is 5.82 Å². The summed E-state index contributed by atoms with van der Waals surface area (Å²) in [6, 6.07) is 3.14. The number of nitrogens with zero attached hydrogens (tertiary/aromatic N) is 2. The highest BCUT2D eigenvalue weighted by molar-refractivity contribution is 5.28. The summed E-state index contributed by atoms with van der Waals surface area (Å²) in [5, 5.41) is 10.3. The fraction of sp³-hybridized carbons (Fsp3) is 0.286. The Morgan fingerprint density at radius 3 is 2.83 bits per heavy atom. The number of aromatic nitrogens is 1. The third-order valence-electron chi connectivity index (χ3n) is 1.41. The van der Waals surface area contributed by atoms with Crippen LogP contribution >= 0.6 is 0 Å². The first-order valence-electron chi connectivity index (χ1n) is 3.45. The summed E-state index contributed by atoms with van der Waals surface area (Å²) >= 11 is 0. The topological polar surface area (TPSA) is 82.0 Å². The van der Waals surface area contributed by atoms with Gasteiger partial charge in [-0.25, -0.2) is 0 Å². The van der Waals surface area contributed by atoms with E-state index in [0.717, 1.165) is 5.56 Å². The summed E-state index contributed by atoms with van der Waals surface area (Å²) in [4.78, 5) is 13.5. The third kappa shape index (κ3) is 1.76. The molecule has 0 aliphatic rings. The summed E-state index contributed by atoms with van der Waals surface area (Å²) < 4.78 is 0. The van der Waals surface area contributed by atoms with E-state index >= 15 is 0 Å². The highest BCUT2D eigenvalue weighted by Crippen LogP contribution is 2.11.